The summed E-state index contributed by atoms with van der Waals surface area (Å²) in [7, 11) is -1.88. The first kappa shape index (κ1) is 22.7. The molecule has 0 fully saturated rings. The van der Waals surface area contributed by atoms with Gasteiger partial charge in [-0.1, -0.05) is 31.5 Å². The molecule has 0 saturated carbocycles. The summed E-state index contributed by atoms with van der Waals surface area (Å²) in [5.41, 5.74) is 6.21. The van der Waals surface area contributed by atoms with Crippen molar-refractivity contribution in [2.24, 2.45) is 7.05 Å². The van der Waals surface area contributed by atoms with Gasteiger partial charge in [0.2, 0.25) is 0 Å². The summed E-state index contributed by atoms with van der Waals surface area (Å²) in [5, 5.41) is 4.20. The molecule has 35 heavy (non-hydrogen) atoms. The van der Waals surface area contributed by atoms with Crippen LogP contribution in [0, 0.1) is 0 Å². The van der Waals surface area contributed by atoms with Gasteiger partial charge in [-0.2, -0.15) is 5.10 Å². The number of anilines is 1. The van der Waals surface area contributed by atoms with Crippen LogP contribution < -0.4 is 4.72 Å². The minimum absolute atomic E-state index is 0.215. The molecular formula is C26H24N6O2S. The van der Waals surface area contributed by atoms with Gasteiger partial charge < -0.3 is 0 Å². The van der Waals surface area contributed by atoms with Crippen LogP contribution in [0.2, 0.25) is 0 Å². The summed E-state index contributed by atoms with van der Waals surface area (Å²) in [6, 6.07) is 14.4. The number of nitrogens with zero attached hydrogens (tertiary/aromatic N) is 5. The lowest BCUT2D eigenvalue weighted by Crippen LogP contribution is -2.13. The number of aryl methyl sites for hydroxylation is 2. The second-order valence-electron chi connectivity index (χ2n) is 8.32. The molecule has 0 aliphatic heterocycles. The van der Waals surface area contributed by atoms with Gasteiger partial charge in [-0.25, -0.2) is 13.4 Å². The molecule has 3 aromatic heterocycles. The van der Waals surface area contributed by atoms with Crippen molar-refractivity contribution in [3.8, 4) is 22.4 Å². The Labute approximate surface area is 203 Å². The molecule has 0 unspecified atom stereocenters. The minimum atomic E-state index is -3.73. The molecule has 0 amide bonds. The average Bonchev–Trinajstić information content (AvgIpc) is 3.30. The number of hydrogen-bond acceptors (Lipinski definition) is 6. The van der Waals surface area contributed by atoms with Crippen LogP contribution in [0.5, 0.6) is 0 Å². The number of benzene rings is 2. The summed E-state index contributed by atoms with van der Waals surface area (Å²) in [5.74, 6) is 0. The summed E-state index contributed by atoms with van der Waals surface area (Å²) in [6.45, 7) is 2.09. The van der Waals surface area contributed by atoms with Gasteiger partial charge in [-0.05, 0) is 47.9 Å². The van der Waals surface area contributed by atoms with Crippen molar-refractivity contribution in [3.05, 3.63) is 85.1 Å². The number of hydrogen-bond donors (Lipinski definition) is 1. The normalized spacial score (nSPS) is 11.6. The highest BCUT2D eigenvalue weighted by Crippen LogP contribution is 2.27. The minimum Gasteiger partial charge on any atom is -0.278 e. The molecule has 5 aromatic rings. The number of sulfonamides is 1. The van der Waals surface area contributed by atoms with E-state index in [2.05, 4.69) is 26.7 Å². The van der Waals surface area contributed by atoms with Crippen LogP contribution in [0.25, 0.3) is 33.4 Å². The van der Waals surface area contributed by atoms with Crippen LogP contribution in [0.3, 0.4) is 0 Å². The van der Waals surface area contributed by atoms with E-state index in [4.69, 9.17) is 4.98 Å². The fourth-order valence-electron chi connectivity index (χ4n) is 3.88. The molecule has 0 spiro atoms. The number of rotatable bonds is 7. The molecule has 2 aromatic carbocycles. The number of nitrogens with one attached hydrogen (secondary N) is 1. The van der Waals surface area contributed by atoms with Crippen molar-refractivity contribution >= 4 is 26.7 Å². The van der Waals surface area contributed by atoms with Crippen LogP contribution in [0.15, 0.2) is 84.4 Å². The molecule has 0 radical (unpaired) electrons. The Bertz CT molecular complexity index is 1610. The third-order valence-corrected chi connectivity index (χ3v) is 7.04. The Hall–Kier alpha value is -4.11. The van der Waals surface area contributed by atoms with E-state index < -0.39 is 10.0 Å². The molecule has 8 nitrogen and oxygen atoms in total. The first-order chi connectivity index (χ1) is 16.9. The summed E-state index contributed by atoms with van der Waals surface area (Å²) < 4.78 is 30.2. The average molecular weight is 485 g/mol. The fraction of sp³-hybridized carbons (Fsp3) is 0.154. The Balaban J connectivity index is 1.43. The first-order valence-electron chi connectivity index (χ1n) is 11.2. The predicted molar refractivity (Wildman–Crippen MR) is 136 cm³/mol. The lowest BCUT2D eigenvalue weighted by molar-refractivity contribution is 0.601. The van der Waals surface area contributed by atoms with E-state index in [9.17, 15) is 8.42 Å². The molecule has 0 saturated heterocycles. The maximum Gasteiger partial charge on any atom is 0.261 e. The quantitative estimate of drug-likeness (QED) is 0.354. The molecule has 9 heteroatoms. The van der Waals surface area contributed by atoms with Gasteiger partial charge in [0.05, 0.1) is 45.9 Å². The van der Waals surface area contributed by atoms with E-state index in [0.29, 0.717) is 5.69 Å². The van der Waals surface area contributed by atoms with Gasteiger partial charge in [0.25, 0.3) is 10.0 Å². The van der Waals surface area contributed by atoms with Crippen LogP contribution in [0.4, 0.5) is 5.69 Å². The van der Waals surface area contributed by atoms with Crippen molar-refractivity contribution in [1.29, 1.82) is 0 Å². The number of fused-ring (bicyclic) bond motifs is 1. The molecule has 1 N–H and O–H groups in total. The number of pyridine rings is 1. The third-order valence-electron chi connectivity index (χ3n) is 5.64. The van der Waals surface area contributed by atoms with Gasteiger partial charge in [0, 0.05) is 30.6 Å². The zero-order valence-corrected chi connectivity index (χ0v) is 20.2. The second kappa shape index (κ2) is 9.27. The predicted octanol–water partition coefficient (Wildman–Crippen LogP) is 4.85. The number of aromatic nitrogens is 5. The molecule has 0 aliphatic carbocycles. The van der Waals surface area contributed by atoms with E-state index >= 15 is 0 Å². The third kappa shape index (κ3) is 4.90. The van der Waals surface area contributed by atoms with Gasteiger partial charge >= 0.3 is 0 Å². The molecular weight excluding hydrogens is 460 g/mol. The van der Waals surface area contributed by atoms with Gasteiger partial charge in [0.15, 0.2) is 0 Å². The summed E-state index contributed by atoms with van der Waals surface area (Å²) >= 11 is 0. The zero-order chi connectivity index (χ0) is 24.4. The van der Waals surface area contributed by atoms with Crippen LogP contribution in [-0.2, 0) is 23.5 Å². The highest BCUT2D eigenvalue weighted by molar-refractivity contribution is 7.92. The standard InChI is InChI=1S/C26H24N6O2S/c1-3-4-18-5-8-23(9-6-18)35(33,34)31-22-11-20(13-27-15-22)19-7-10-24-25(12-19)30-26(16-28-24)21-14-29-32(2)17-21/h5-17,31H,3-4H2,1-2H3. The second-order valence-corrected chi connectivity index (χ2v) is 10.0. The van der Waals surface area contributed by atoms with E-state index in [-0.39, 0.29) is 4.90 Å². The zero-order valence-electron chi connectivity index (χ0n) is 19.4. The molecule has 0 aliphatic rings. The smallest absolute Gasteiger partial charge is 0.261 e. The maximum absolute atomic E-state index is 12.9. The Morgan fingerprint density at radius 1 is 0.886 bits per heavy atom. The van der Waals surface area contributed by atoms with Gasteiger partial charge in [0.1, 0.15) is 0 Å². The van der Waals surface area contributed by atoms with E-state index in [1.165, 1.54) is 6.20 Å². The Morgan fingerprint density at radius 2 is 1.71 bits per heavy atom. The van der Waals surface area contributed by atoms with Crippen molar-refractivity contribution in [2.45, 2.75) is 24.7 Å². The molecule has 0 atom stereocenters. The molecule has 3 heterocycles. The molecule has 176 valence electrons. The Morgan fingerprint density at radius 3 is 2.46 bits per heavy atom. The van der Waals surface area contributed by atoms with E-state index in [1.54, 1.807) is 41.5 Å². The largest absolute Gasteiger partial charge is 0.278 e. The Kier molecular flexibility index (Phi) is 6.00. The highest BCUT2D eigenvalue weighted by atomic mass is 32.2. The highest BCUT2D eigenvalue weighted by Gasteiger charge is 2.15. The molecule has 5 rings (SSSR count). The van der Waals surface area contributed by atoms with Crippen molar-refractivity contribution < 1.29 is 8.42 Å². The van der Waals surface area contributed by atoms with Crippen molar-refractivity contribution in [3.63, 3.8) is 0 Å². The van der Waals surface area contributed by atoms with Crippen molar-refractivity contribution in [2.75, 3.05) is 4.72 Å². The fourth-order valence-corrected chi connectivity index (χ4v) is 4.91. The summed E-state index contributed by atoms with van der Waals surface area (Å²) in [6.07, 6.45) is 10.5. The van der Waals surface area contributed by atoms with E-state index in [0.717, 1.165) is 51.8 Å². The van der Waals surface area contributed by atoms with E-state index in [1.807, 2.05) is 43.6 Å². The van der Waals surface area contributed by atoms with Gasteiger partial charge in [-0.3, -0.25) is 19.4 Å². The lowest BCUT2D eigenvalue weighted by Gasteiger charge is -2.10. The first-order valence-corrected chi connectivity index (χ1v) is 12.7. The van der Waals surface area contributed by atoms with Gasteiger partial charge in [-0.15, -0.1) is 0 Å². The van der Waals surface area contributed by atoms with Crippen molar-refractivity contribution in [1.82, 2.24) is 24.7 Å². The van der Waals surface area contributed by atoms with Crippen LogP contribution in [-0.4, -0.2) is 33.2 Å². The topological polar surface area (TPSA) is 103 Å². The van der Waals surface area contributed by atoms with Crippen LogP contribution in [0.1, 0.15) is 18.9 Å². The SMILES string of the molecule is CCCc1ccc(S(=O)(=O)Nc2cncc(-c3ccc4ncc(-c5cnn(C)c5)nc4c3)c2)cc1. The van der Waals surface area contributed by atoms with Crippen LogP contribution >= 0.6 is 0 Å². The lowest BCUT2D eigenvalue weighted by atomic mass is 10.1. The molecule has 0 bridgehead atoms. The maximum atomic E-state index is 12.9. The monoisotopic (exact) mass is 484 g/mol. The summed E-state index contributed by atoms with van der Waals surface area (Å²) in [4.78, 5) is 13.7.